The van der Waals surface area contributed by atoms with Crippen molar-refractivity contribution in [3.63, 3.8) is 0 Å². The number of aromatic nitrogens is 1. The fraction of sp³-hybridized carbons (Fsp3) is 0.304. The lowest BCUT2D eigenvalue weighted by Gasteiger charge is -2.22. The zero-order chi connectivity index (χ0) is 20.1. The molecule has 2 aromatic carbocycles. The molecule has 1 amide bonds. The Morgan fingerprint density at radius 1 is 1.10 bits per heavy atom. The Bertz CT molecular complexity index is 925. The third-order valence-electron chi connectivity index (χ3n) is 4.95. The number of rotatable bonds is 7. The number of carbonyl (C=O) groups excluding carboxylic acids is 1. The third kappa shape index (κ3) is 5.46. The first-order valence-electron chi connectivity index (χ1n) is 9.59. The van der Waals surface area contributed by atoms with E-state index in [1.807, 2.05) is 54.6 Å². The van der Waals surface area contributed by atoms with Crippen LogP contribution in [-0.2, 0) is 0 Å². The van der Waals surface area contributed by atoms with E-state index in [1.54, 1.807) is 18.1 Å². The molecule has 0 aliphatic heterocycles. The molecule has 29 heavy (non-hydrogen) atoms. The minimum atomic E-state index is -0.0639. The van der Waals surface area contributed by atoms with Crippen molar-refractivity contribution in [2.24, 2.45) is 11.7 Å². The average molecular weight is 414 g/mol. The van der Waals surface area contributed by atoms with E-state index >= 15 is 0 Å². The molecular weight excluding hydrogens is 386 g/mol. The van der Waals surface area contributed by atoms with Crippen LogP contribution >= 0.6 is 12.4 Å². The molecule has 6 heteroatoms. The van der Waals surface area contributed by atoms with Gasteiger partial charge in [0.15, 0.2) is 5.76 Å². The fourth-order valence-electron chi connectivity index (χ4n) is 2.97. The minimum absolute atomic E-state index is 0. The minimum Gasteiger partial charge on any atom is -0.436 e. The number of benzene rings is 2. The van der Waals surface area contributed by atoms with Gasteiger partial charge >= 0.3 is 0 Å². The second kappa shape index (κ2) is 10.2. The number of nitrogens with two attached hydrogens (primary N) is 1. The number of amides is 1. The van der Waals surface area contributed by atoms with E-state index in [0.29, 0.717) is 35.2 Å². The lowest BCUT2D eigenvalue weighted by atomic mass is 10.0. The van der Waals surface area contributed by atoms with Gasteiger partial charge in [-0.05, 0) is 24.5 Å². The van der Waals surface area contributed by atoms with Gasteiger partial charge in [-0.1, -0.05) is 56.3 Å². The molecule has 0 saturated carbocycles. The van der Waals surface area contributed by atoms with E-state index in [9.17, 15) is 4.79 Å². The van der Waals surface area contributed by atoms with E-state index in [-0.39, 0.29) is 24.4 Å². The predicted octanol–water partition coefficient (Wildman–Crippen LogP) is 4.88. The quantitative estimate of drug-likeness (QED) is 0.599. The van der Waals surface area contributed by atoms with Crippen molar-refractivity contribution in [1.29, 1.82) is 0 Å². The van der Waals surface area contributed by atoms with Gasteiger partial charge < -0.3 is 15.1 Å². The second-order valence-corrected chi connectivity index (χ2v) is 7.36. The van der Waals surface area contributed by atoms with Gasteiger partial charge in [0.05, 0.1) is 11.8 Å². The molecule has 0 radical (unpaired) electrons. The molecule has 1 unspecified atom stereocenters. The summed E-state index contributed by atoms with van der Waals surface area (Å²) < 4.78 is 5.95. The number of nitrogens with zero attached hydrogens (tertiary/aromatic N) is 2. The first kappa shape index (κ1) is 22.7. The summed E-state index contributed by atoms with van der Waals surface area (Å²) in [6.07, 6.45) is 2.45. The first-order chi connectivity index (χ1) is 13.5. The molecule has 0 aliphatic rings. The number of oxazole rings is 1. The second-order valence-electron chi connectivity index (χ2n) is 7.36. The largest absolute Gasteiger partial charge is 0.436 e. The van der Waals surface area contributed by atoms with Crippen molar-refractivity contribution < 1.29 is 9.21 Å². The van der Waals surface area contributed by atoms with Crippen LogP contribution in [0.5, 0.6) is 0 Å². The summed E-state index contributed by atoms with van der Waals surface area (Å²) >= 11 is 0. The topological polar surface area (TPSA) is 72.4 Å². The Morgan fingerprint density at radius 2 is 1.76 bits per heavy atom. The van der Waals surface area contributed by atoms with E-state index in [4.69, 9.17) is 10.2 Å². The summed E-state index contributed by atoms with van der Waals surface area (Å²) in [6, 6.07) is 17.3. The number of hydrogen-bond acceptors (Lipinski definition) is 4. The highest BCUT2D eigenvalue weighted by atomic mass is 35.5. The third-order valence-corrected chi connectivity index (χ3v) is 4.95. The molecule has 3 rings (SSSR count). The van der Waals surface area contributed by atoms with E-state index in [1.165, 1.54) is 0 Å². The lowest BCUT2D eigenvalue weighted by Crippen LogP contribution is -2.34. The van der Waals surface area contributed by atoms with Gasteiger partial charge in [0, 0.05) is 30.8 Å². The molecule has 3 aromatic rings. The summed E-state index contributed by atoms with van der Waals surface area (Å²) in [5.41, 5.74) is 8.33. The summed E-state index contributed by atoms with van der Waals surface area (Å²) in [7, 11) is 1.80. The summed E-state index contributed by atoms with van der Waals surface area (Å²) in [5, 5.41) is 0. The van der Waals surface area contributed by atoms with Crippen LogP contribution in [0.15, 0.2) is 65.2 Å². The van der Waals surface area contributed by atoms with Crippen molar-refractivity contribution in [2.45, 2.75) is 26.3 Å². The highest BCUT2D eigenvalue weighted by molar-refractivity contribution is 5.99. The smallest absolute Gasteiger partial charge is 0.254 e. The van der Waals surface area contributed by atoms with Gasteiger partial charge in [-0.2, -0.15) is 0 Å². The van der Waals surface area contributed by atoms with Gasteiger partial charge in [0.2, 0.25) is 5.89 Å². The maximum Gasteiger partial charge on any atom is 0.254 e. The molecule has 1 aromatic heterocycles. The van der Waals surface area contributed by atoms with Crippen molar-refractivity contribution in [3.8, 4) is 22.8 Å². The molecule has 0 spiro atoms. The Kier molecular flexibility index (Phi) is 8.00. The standard InChI is InChI=1S/C23H27N3O2.ClH/c1-16(2)20(24)13-14-26(3)23(27)19-12-8-7-11-18(19)22-25-15-21(28-22)17-9-5-4-6-10-17;/h4-12,15-16,20H,13-14,24H2,1-3H3;1H. The van der Waals surface area contributed by atoms with Crippen LogP contribution in [-0.4, -0.2) is 35.4 Å². The van der Waals surface area contributed by atoms with Gasteiger partial charge in [-0.15, -0.1) is 12.4 Å². The summed E-state index contributed by atoms with van der Waals surface area (Å²) in [5.74, 6) is 1.44. The van der Waals surface area contributed by atoms with Crippen LogP contribution in [0.4, 0.5) is 0 Å². The van der Waals surface area contributed by atoms with Crippen molar-refractivity contribution in [3.05, 3.63) is 66.4 Å². The van der Waals surface area contributed by atoms with Crippen LogP contribution in [0.1, 0.15) is 30.6 Å². The normalized spacial score (nSPS) is 11.8. The van der Waals surface area contributed by atoms with Crippen LogP contribution in [0.3, 0.4) is 0 Å². The van der Waals surface area contributed by atoms with Crippen LogP contribution in [0.25, 0.3) is 22.8 Å². The zero-order valence-electron chi connectivity index (χ0n) is 17.0. The maximum atomic E-state index is 13.0. The molecular formula is C23H28ClN3O2. The van der Waals surface area contributed by atoms with Crippen molar-refractivity contribution >= 4 is 18.3 Å². The summed E-state index contributed by atoms with van der Waals surface area (Å²) in [4.78, 5) is 19.1. The number of halogens is 1. The van der Waals surface area contributed by atoms with Crippen LogP contribution < -0.4 is 5.73 Å². The fourth-order valence-corrected chi connectivity index (χ4v) is 2.97. The predicted molar refractivity (Wildman–Crippen MR) is 119 cm³/mol. The molecule has 5 nitrogen and oxygen atoms in total. The van der Waals surface area contributed by atoms with E-state index in [0.717, 1.165) is 12.0 Å². The van der Waals surface area contributed by atoms with E-state index in [2.05, 4.69) is 18.8 Å². The Morgan fingerprint density at radius 3 is 2.45 bits per heavy atom. The van der Waals surface area contributed by atoms with Gasteiger partial charge in [-0.25, -0.2) is 4.98 Å². The molecule has 0 fully saturated rings. The van der Waals surface area contributed by atoms with Crippen LogP contribution in [0, 0.1) is 5.92 Å². The lowest BCUT2D eigenvalue weighted by molar-refractivity contribution is 0.0789. The number of carbonyl (C=O) groups is 1. The molecule has 0 saturated heterocycles. The summed E-state index contributed by atoms with van der Waals surface area (Å²) in [6.45, 7) is 4.79. The molecule has 154 valence electrons. The average Bonchev–Trinajstić information content (AvgIpc) is 3.22. The van der Waals surface area contributed by atoms with Crippen LogP contribution in [0.2, 0.25) is 0 Å². The highest BCUT2D eigenvalue weighted by Crippen LogP contribution is 2.28. The Balaban J connectivity index is 0.00000300. The monoisotopic (exact) mass is 413 g/mol. The first-order valence-corrected chi connectivity index (χ1v) is 9.59. The molecule has 2 N–H and O–H groups in total. The Labute approximate surface area is 178 Å². The number of hydrogen-bond donors (Lipinski definition) is 1. The highest BCUT2D eigenvalue weighted by Gasteiger charge is 2.20. The Hall–Kier alpha value is -2.63. The SMILES string of the molecule is CC(C)C(N)CCN(C)C(=O)c1ccccc1-c1ncc(-c2ccccc2)o1.Cl. The van der Waals surface area contributed by atoms with Crippen molar-refractivity contribution in [2.75, 3.05) is 13.6 Å². The van der Waals surface area contributed by atoms with E-state index < -0.39 is 0 Å². The molecule has 0 aliphatic carbocycles. The molecule has 1 atom stereocenters. The zero-order valence-corrected chi connectivity index (χ0v) is 17.9. The van der Waals surface area contributed by atoms with Gasteiger partial charge in [0.1, 0.15) is 0 Å². The van der Waals surface area contributed by atoms with Gasteiger partial charge in [0.25, 0.3) is 5.91 Å². The van der Waals surface area contributed by atoms with Gasteiger partial charge in [-0.3, -0.25) is 4.79 Å². The molecule has 1 heterocycles. The maximum absolute atomic E-state index is 13.0. The molecule has 0 bridgehead atoms. The van der Waals surface area contributed by atoms with Crippen molar-refractivity contribution in [1.82, 2.24) is 9.88 Å².